The first-order valence-corrected chi connectivity index (χ1v) is 10.1. The second kappa shape index (κ2) is 8.73. The molecule has 0 radical (unpaired) electrons. The molecule has 1 aliphatic heterocycles. The average molecular weight is 427 g/mol. The van der Waals surface area contributed by atoms with Crippen molar-refractivity contribution in [1.82, 2.24) is 20.2 Å². The average Bonchev–Trinajstić information content (AvgIpc) is 3.41. The van der Waals surface area contributed by atoms with Crippen molar-refractivity contribution in [1.29, 1.82) is 0 Å². The number of fused-ring (bicyclic) bond motifs is 1. The van der Waals surface area contributed by atoms with E-state index in [0.717, 1.165) is 25.2 Å². The molecule has 3 heterocycles. The van der Waals surface area contributed by atoms with Crippen LogP contribution in [0.1, 0.15) is 28.9 Å². The van der Waals surface area contributed by atoms with Crippen LogP contribution in [0.4, 0.5) is 0 Å². The largest absolute Gasteiger partial charge is 0.437 e. The zero-order valence-corrected chi connectivity index (χ0v) is 17.4. The lowest BCUT2D eigenvalue weighted by atomic mass is 10.2. The van der Waals surface area contributed by atoms with Crippen molar-refractivity contribution in [3.8, 4) is 11.6 Å². The van der Waals surface area contributed by atoms with Crippen LogP contribution in [0, 0.1) is 0 Å². The van der Waals surface area contributed by atoms with Gasteiger partial charge in [0.2, 0.25) is 5.88 Å². The Morgan fingerprint density at radius 2 is 2.13 bits per heavy atom. The maximum Gasteiger partial charge on any atom is 0.274 e. The Labute approximate surface area is 179 Å². The summed E-state index contributed by atoms with van der Waals surface area (Å²) in [5.74, 6) is 0.622. The van der Waals surface area contributed by atoms with Gasteiger partial charge in [0.05, 0.1) is 10.5 Å². The highest BCUT2D eigenvalue weighted by atomic mass is 35.5. The predicted octanol–water partition coefficient (Wildman–Crippen LogP) is 3.28. The summed E-state index contributed by atoms with van der Waals surface area (Å²) in [6.45, 7) is 3.12. The summed E-state index contributed by atoms with van der Waals surface area (Å²) in [6, 6.07) is 9.07. The lowest BCUT2D eigenvalue weighted by Gasteiger charge is -2.15. The number of carbonyl (C=O) groups is 1. The van der Waals surface area contributed by atoms with E-state index in [4.69, 9.17) is 22.1 Å². The van der Waals surface area contributed by atoms with Gasteiger partial charge in [0.1, 0.15) is 5.69 Å². The molecule has 0 unspecified atom stereocenters. The Hall–Kier alpha value is -3.10. The highest BCUT2D eigenvalue weighted by Gasteiger charge is 2.17. The smallest absolute Gasteiger partial charge is 0.274 e. The van der Waals surface area contributed by atoms with E-state index in [1.54, 1.807) is 24.4 Å². The third-order valence-electron chi connectivity index (χ3n) is 5.05. The first-order chi connectivity index (χ1) is 14.5. The Balaban J connectivity index is 1.60. The number of aromatic amines is 1. The summed E-state index contributed by atoms with van der Waals surface area (Å²) < 4.78 is 6.05. The van der Waals surface area contributed by atoms with Crippen LogP contribution in [0.5, 0.6) is 11.6 Å². The molecule has 3 aromatic rings. The van der Waals surface area contributed by atoms with E-state index in [-0.39, 0.29) is 5.96 Å². The molecule has 1 aromatic carbocycles. The minimum atomic E-state index is -0.415. The van der Waals surface area contributed by atoms with Crippen LogP contribution in [0.15, 0.2) is 41.5 Å². The maximum atomic E-state index is 12.4. The van der Waals surface area contributed by atoms with Crippen LogP contribution in [-0.4, -0.2) is 46.9 Å². The summed E-state index contributed by atoms with van der Waals surface area (Å²) in [7, 11) is 1.49. The molecule has 0 saturated carbocycles. The van der Waals surface area contributed by atoms with Crippen LogP contribution >= 0.6 is 11.6 Å². The number of aliphatic imine (C=N–C) groups is 1. The van der Waals surface area contributed by atoms with E-state index >= 15 is 0 Å². The van der Waals surface area contributed by atoms with Crippen molar-refractivity contribution in [3.63, 3.8) is 0 Å². The molecule has 2 aromatic heterocycles. The number of nitrogens with zero attached hydrogens (tertiary/aromatic N) is 3. The van der Waals surface area contributed by atoms with Gasteiger partial charge < -0.3 is 15.5 Å². The van der Waals surface area contributed by atoms with Gasteiger partial charge in [0.25, 0.3) is 5.91 Å². The van der Waals surface area contributed by atoms with Crippen molar-refractivity contribution in [2.45, 2.75) is 19.4 Å². The summed E-state index contributed by atoms with van der Waals surface area (Å²) in [4.78, 5) is 25.9. The number of guanidine groups is 1. The van der Waals surface area contributed by atoms with Crippen LogP contribution < -0.4 is 15.8 Å². The fraction of sp³-hybridized carbons (Fsp3) is 0.286. The Morgan fingerprint density at radius 3 is 2.90 bits per heavy atom. The number of nitrogens with two attached hydrogens (primary N) is 1. The van der Waals surface area contributed by atoms with Gasteiger partial charge >= 0.3 is 0 Å². The molecule has 0 spiro atoms. The maximum absolute atomic E-state index is 12.4. The molecular weight excluding hydrogens is 404 g/mol. The number of likely N-dealkylation sites (tertiary alicyclic amines) is 1. The second-order valence-corrected chi connectivity index (χ2v) is 7.58. The molecule has 30 heavy (non-hydrogen) atoms. The summed E-state index contributed by atoms with van der Waals surface area (Å²) in [5, 5.41) is 3.66. The van der Waals surface area contributed by atoms with E-state index in [1.807, 2.05) is 12.1 Å². The van der Waals surface area contributed by atoms with Gasteiger partial charge in [-0.25, -0.2) is 4.98 Å². The number of hydrogen-bond acceptors (Lipinski definition) is 5. The number of halogens is 1. The highest BCUT2D eigenvalue weighted by molar-refractivity contribution is 6.36. The quantitative estimate of drug-likeness (QED) is 0.428. The summed E-state index contributed by atoms with van der Waals surface area (Å²) >= 11 is 6.33. The van der Waals surface area contributed by atoms with Gasteiger partial charge in [-0.1, -0.05) is 11.6 Å². The lowest BCUT2D eigenvalue weighted by molar-refractivity contribution is 0.0972. The number of nitrogens with one attached hydrogen (secondary N) is 2. The minimum absolute atomic E-state index is 0.0280. The van der Waals surface area contributed by atoms with Crippen molar-refractivity contribution >= 4 is 34.4 Å². The van der Waals surface area contributed by atoms with Crippen molar-refractivity contribution < 1.29 is 9.53 Å². The van der Waals surface area contributed by atoms with Gasteiger partial charge in [0.15, 0.2) is 11.7 Å². The Kier molecular flexibility index (Phi) is 5.87. The van der Waals surface area contributed by atoms with Gasteiger partial charge in [-0.3, -0.25) is 20.0 Å². The molecule has 1 aliphatic rings. The van der Waals surface area contributed by atoms with Crippen LogP contribution in [-0.2, 0) is 6.54 Å². The molecule has 156 valence electrons. The topological polar surface area (TPSA) is 109 Å². The van der Waals surface area contributed by atoms with E-state index in [9.17, 15) is 4.79 Å². The number of pyridine rings is 1. The molecule has 1 amide bonds. The van der Waals surface area contributed by atoms with Crippen LogP contribution in [0.3, 0.4) is 0 Å². The number of H-pyrrole nitrogens is 1. The van der Waals surface area contributed by atoms with Gasteiger partial charge in [-0.2, -0.15) is 0 Å². The molecule has 1 fully saturated rings. The Morgan fingerprint density at radius 1 is 1.33 bits per heavy atom. The number of aromatic nitrogens is 2. The second-order valence-electron chi connectivity index (χ2n) is 7.17. The van der Waals surface area contributed by atoms with Gasteiger partial charge in [-0.15, -0.1) is 0 Å². The van der Waals surface area contributed by atoms with Crippen LogP contribution in [0.2, 0.25) is 5.02 Å². The predicted molar refractivity (Wildman–Crippen MR) is 117 cm³/mol. The molecule has 9 heteroatoms. The fourth-order valence-corrected chi connectivity index (χ4v) is 3.73. The van der Waals surface area contributed by atoms with Gasteiger partial charge in [-0.05, 0) is 55.8 Å². The molecule has 0 atom stereocenters. The lowest BCUT2D eigenvalue weighted by Crippen LogP contribution is -2.36. The van der Waals surface area contributed by atoms with Crippen molar-refractivity contribution in [3.05, 3.63) is 52.8 Å². The number of benzene rings is 1. The van der Waals surface area contributed by atoms with Crippen molar-refractivity contribution in [2.75, 3.05) is 20.1 Å². The molecule has 0 bridgehead atoms. The zero-order chi connectivity index (χ0) is 21.1. The zero-order valence-electron chi connectivity index (χ0n) is 16.6. The van der Waals surface area contributed by atoms with E-state index in [2.05, 4.69) is 25.2 Å². The number of amides is 1. The van der Waals surface area contributed by atoms with Crippen molar-refractivity contribution in [2.24, 2.45) is 10.7 Å². The monoisotopic (exact) mass is 426 g/mol. The Bertz CT molecular complexity index is 1100. The number of carbonyl (C=O) groups excluding carboxylic acids is 1. The highest BCUT2D eigenvalue weighted by Crippen LogP contribution is 2.34. The first kappa shape index (κ1) is 20.2. The number of ether oxygens (including phenoxy) is 1. The number of rotatable bonds is 5. The third-order valence-corrected chi connectivity index (χ3v) is 5.38. The summed E-state index contributed by atoms with van der Waals surface area (Å²) in [5.41, 5.74) is 7.63. The van der Waals surface area contributed by atoms with Crippen LogP contribution in [0.25, 0.3) is 10.9 Å². The minimum Gasteiger partial charge on any atom is -0.437 e. The normalized spacial score (nSPS) is 14.9. The number of hydrogen-bond donors (Lipinski definition) is 3. The fourth-order valence-electron chi connectivity index (χ4n) is 3.52. The third kappa shape index (κ3) is 4.39. The first-order valence-electron chi connectivity index (χ1n) is 9.73. The van der Waals surface area contributed by atoms with E-state index < -0.39 is 5.91 Å². The summed E-state index contributed by atoms with van der Waals surface area (Å²) in [6.07, 6.45) is 4.24. The molecular formula is C21H23ClN6O2. The molecule has 4 N–H and O–H groups in total. The molecule has 8 nitrogen and oxygen atoms in total. The van der Waals surface area contributed by atoms with E-state index in [0.29, 0.717) is 33.2 Å². The molecule has 1 saturated heterocycles. The SMILES string of the molecule is CN=C(N)NC(=O)c1cc2c(Cl)ccc(Oc3cc(CN4CCCC4)ccn3)c2[nH]1. The molecule has 4 rings (SSSR count). The molecule has 0 aliphatic carbocycles. The van der Waals surface area contributed by atoms with E-state index in [1.165, 1.54) is 19.9 Å². The van der Waals surface area contributed by atoms with Gasteiger partial charge in [0, 0.05) is 31.2 Å². The standard InChI is InChI=1S/C21H23ClN6O2/c1-24-21(23)27-20(29)16-11-14-15(22)4-5-17(19(14)26-16)30-18-10-13(6-7-25-18)12-28-8-2-3-9-28/h4-7,10-11,26H,2-3,8-9,12H2,1H3,(H3,23,24,27,29).